The van der Waals surface area contributed by atoms with Crippen molar-refractivity contribution < 1.29 is 8.42 Å². The van der Waals surface area contributed by atoms with Crippen LogP contribution in [0.3, 0.4) is 0 Å². The number of sulfonamides is 1. The summed E-state index contributed by atoms with van der Waals surface area (Å²) in [6.07, 6.45) is 1.33. The van der Waals surface area contributed by atoms with Gasteiger partial charge in [-0.1, -0.05) is 34.8 Å². The van der Waals surface area contributed by atoms with E-state index < -0.39 is 10.0 Å². The average Bonchev–Trinajstić information content (AvgIpc) is 2.35. The highest BCUT2D eigenvalue weighted by Gasteiger charge is 2.19. The highest BCUT2D eigenvalue weighted by molar-refractivity contribution is 7.92. The number of anilines is 1. The second-order valence-electron chi connectivity index (χ2n) is 3.54. The molecule has 8 heteroatoms. The van der Waals surface area contributed by atoms with Crippen LogP contribution < -0.4 is 4.72 Å². The van der Waals surface area contributed by atoms with E-state index in [0.717, 1.165) is 0 Å². The molecule has 0 aliphatic rings. The molecule has 1 heterocycles. The zero-order chi connectivity index (χ0) is 14.0. The molecule has 2 rings (SSSR count). The Bertz CT molecular complexity index is 702. The molecule has 0 bridgehead atoms. The topological polar surface area (TPSA) is 59.1 Å². The molecule has 0 fully saturated rings. The van der Waals surface area contributed by atoms with Gasteiger partial charge < -0.3 is 0 Å². The van der Waals surface area contributed by atoms with E-state index in [4.69, 9.17) is 34.8 Å². The summed E-state index contributed by atoms with van der Waals surface area (Å²) >= 11 is 17.3. The lowest BCUT2D eigenvalue weighted by atomic mass is 10.4. The van der Waals surface area contributed by atoms with Gasteiger partial charge in [0.15, 0.2) is 0 Å². The van der Waals surface area contributed by atoms with Gasteiger partial charge in [-0.25, -0.2) is 13.4 Å². The molecule has 0 saturated heterocycles. The fourth-order valence-corrected chi connectivity index (χ4v) is 3.20. The number of hydrogen-bond acceptors (Lipinski definition) is 3. The SMILES string of the molecule is O=S(=O)(Nc1ccc(Cl)cn1)c1cc(Cl)ccc1Cl. The quantitative estimate of drug-likeness (QED) is 0.925. The van der Waals surface area contributed by atoms with Gasteiger partial charge in [0.25, 0.3) is 10.0 Å². The Hall–Kier alpha value is -1.01. The molecule has 19 heavy (non-hydrogen) atoms. The molecule has 0 unspecified atom stereocenters. The van der Waals surface area contributed by atoms with Crippen LogP contribution >= 0.6 is 34.8 Å². The minimum Gasteiger partial charge on any atom is -0.263 e. The van der Waals surface area contributed by atoms with E-state index in [1.165, 1.54) is 36.5 Å². The van der Waals surface area contributed by atoms with Crippen LogP contribution in [0.25, 0.3) is 0 Å². The summed E-state index contributed by atoms with van der Waals surface area (Å²) in [6.45, 7) is 0. The Morgan fingerprint density at radius 1 is 1.00 bits per heavy atom. The van der Waals surface area contributed by atoms with Crippen LogP contribution in [-0.2, 0) is 10.0 Å². The highest BCUT2D eigenvalue weighted by atomic mass is 35.5. The molecular weight excluding hydrogens is 331 g/mol. The summed E-state index contributed by atoms with van der Waals surface area (Å²) in [5.41, 5.74) is 0. The summed E-state index contributed by atoms with van der Waals surface area (Å²) in [5, 5.41) is 0.753. The third-order valence-electron chi connectivity index (χ3n) is 2.15. The number of halogens is 3. The van der Waals surface area contributed by atoms with Crippen molar-refractivity contribution in [2.24, 2.45) is 0 Å². The van der Waals surface area contributed by atoms with Crippen LogP contribution in [0.2, 0.25) is 15.1 Å². The fourth-order valence-electron chi connectivity index (χ4n) is 1.31. The van der Waals surface area contributed by atoms with E-state index in [9.17, 15) is 8.42 Å². The molecule has 100 valence electrons. The first-order chi connectivity index (χ1) is 8.88. The van der Waals surface area contributed by atoms with Crippen LogP contribution in [-0.4, -0.2) is 13.4 Å². The first-order valence-corrected chi connectivity index (χ1v) is 7.59. The van der Waals surface area contributed by atoms with Gasteiger partial charge >= 0.3 is 0 Å². The minimum absolute atomic E-state index is 0.0749. The van der Waals surface area contributed by atoms with E-state index in [1.54, 1.807) is 0 Å². The summed E-state index contributed by atoms with van der Waals surface area (Å²) in [7, 11) is -3.85. The Morgan fingerprint density at radius 3 is 2.32 bits per heavy atom. The largest absolute Gasteiger partial charge is 0.264 e. The molecule has 4 nitrogen and oxygen atoms in total. The zero-order valence-electron chi connectivity index (χ0n) is 9.27. The third-order valence-corrected chi connectivity index (χ3v) is 4.44. The standard InChI is InChI=1S/C11H7Cl3N2O2S/c12-7-1-3-9(14)10(5-7)19(17,18)16-11-4-2-8(13)6-15-11/h1-6H,(H,15,16). The summed E-state index contributed by atoms with van der Waals surface area (Å²) in [6, 6.07) is 7.14. The fraction of sp³-hybridized carbons (Fsp3) is 0. The van der Waals surface area contributed by atoms with E-state index in [-0.39, 0.29) is 20.8 Å². The molecule has 0 aliphatic carbocycles. The maximum atomic E-state index is 12.1. The molecular formula is C11H7Cl3N2O2S. The molecule has 0 amide bonds. The molecule has 0 radical (unpaired) electrons. The van der Waals surface area contributed by atoms with Crippen molar-refractivity contribution >= 4 is 50.6 Å². The van der Waals surface area contributed by atoms with Crippen LogP contribution in [0, 0.1) is 0 Å². The maximum Gasteiger partial charge on any atom is 0.264 e. The smallest absolute Gasteiger partial charge is 0.263 e. The Kier molecular flexibility index (Phi) is 4.20. The maximum absolute atomic E-state index is 12.1. The number of nitrogens with zero attached hydrogens (tertiary/aromatic N) is 1. The van der Waals surface area contributed by atoms with Gasteiger partial charge in [0.2, 0.25) is 0 Å². The summed E-state index contributed by atoms with van der Waals surface area (Å²) < 4.78 is 26.6. The van der Waals surface area contributed by atoms with Gasteiger partial charge in [-0.15, -0.1) is 0 Å². The molecule has 0 spiro atoms. The predicted octanol–water partition coefficient (Wildman–Crippen LogP) is 3.84. The Morgan fingerprint density at radius 2 is 1.68 bits per heavy atom. The van der Waals surface area contributed by atoms with Crippen LogP contribution in [0.1, 0.15) is 0 Å². The molecule has 0 saturated carbocycles. The van der Waals surface area contributed by atoms with E-state index in [0.29, 0.717) is 5.02 Å². The van der Waals surface area contributed by atoms with Crippen molar-refractivity contribution in [2.45, 2.75) is 4.90 Å². The lowest BCUT2D eigenvalue weighted by Gasteiger charge is -2.09. The number of nitrogens with one attached hydrogen (secondary N) is 1. The van der Waals surface area contributed by atoms with Gasteiger partial charge in [-0.05, 0) is 30.3 Å². The van der Waals surface area contributed by atoms with Crippen molar-refractivity contribution in [1.82, 2.24) is 4.98 Å². The summed E-state index contributed by atoms with van der Waals surface area (Å²) in [5.74, 6) is 0.139. The summed E-state index contributed by atoms with van der Waals surface area (Å²) in [4.78, 5) is 3.73. The lowest BCUT2D eigenvalue weighted by Crippen LogP contribution is -2.14. The zero-order valence-corrected chi connectivity index (χ0v) is 12.4. The Balaban J connectivity index is 2.37. The lowest BCUT2D eigenvalue weighted by molar-refractivity contribution is 0.601. The molecule has 1 aromatic heterocycles. The van der Waals surface area contributed by atoms with Crippen molar-refractivity contribution in [3.8, 4) is 0 Å². The number of rotatable bonds is 3. The second-order valence-corrected chi connectivity index (χ2v) is 6.47. The molecule has 0 aliphatic heterocycles. The van der Waals surface area contributed by atoms with E-state index >= 15 is 0 Å². The molecule has 0 atom stereocenters. The number of benzene rings is 1. The van der Waals surface area contributed by atoms with Crippen molar-refractivity contribution in [1.29, 1.82) is 0 Å². The predicted molar refractivity (Wildman–Crippen MR) is 76.5 cm³/mol. The highest BCUT2D eigenvalue weighted by Crippen LogP contribution is 2.26. The van der Waals surface area contributed by atoms with Crippen LogP contribution in [0.4, 0.5) is 5.82 Å². The van der Waals surface area contributed by atoms with Gasteiger partial charge in [-0.2, -0.15) is 0 Å². The van der Waals surface area contributed by atoms with Crippen LogP contribution in [0.5, 0.6) is 0 Å². The second kappa shape index (κ2) is 5.54. The normalized spacial score (nSPS) is 11.3. The van der Waals surface area contributed by atoms with E-state index in [1.807, 2.05) is 0 Å². The monoisotopic (exact) mass is 336 g/mol. The Labute approximate surface area is 125 Å². The van der Waals surface area contributed by atoms with Gasteiger partial charge in [0.1, 0.15) is 10.7 Å². The first kappa shape index (κ1) is 14.4. The van der Waals surface area contributed by atoms with Crippen molar-refractivity contribution in [2.75, 3.05) is 4.72 Å². The molecule has 2 aromatic rings. The van der Waals surface area contributed by atoms with Crippen LogP contribution in [0.15, 0.2) is 41.4 Å². The number of hydrogen-bond donors (Lipinski definition) is 1. The first-order valence-electron chi connectivity index (χ1n) is 4.98. The molecule has 1 aromatic carbocycles. The van der Waals surface area contributed by atoms with Gasteiger partial charge in [-0.3, -0.25) is 4.72 Å². The van der Waals surface area contributed by atoms with Gasteiger partial charge in [0.05, 0.1) is 10.0 Å². The van der Waals surface area contributed by atoms with Crippen molar-refractivity contribution in [3.63, 3.8) is 0 Å². The minimum atomic E-state index is -3.85. The van der Waals surface area contributed by atoms with Crippen molar-refractivity contribution in [3.05, 3.63) is 51.6 Å². The van der Waals surface area contributed by atoms with Gasteiger partial charge in [0, 0.05) is 11.2 Å². The average molecular weight is 338 g/mol. The van der Waals surface area contributed by atoms with E-state index in [2.05, 4.69) is 9.71 Å². The number of pyridine rings is 1. The number of aromatic nitrogens is 1. The molecule has 1 N–H and O–H groups in total. The third kappa shape index (κ3) is 3.51.